The number of nitrogens with one attached hydrogen (secondary N) is 1. The standard InChI is InChI=1S/C16H21FN2O4S2/c17-14-2-1-12(16(20)18-13-3-9-24-10-4-13)11-15(14)25(21,22)19-5-7-23-8-6-19/h1-2,11,13H,3-10H2,(H,18,20). The molecule has 1 aromatic rings. The first-order valence-corrected chi connectivity index (χ1v) is 10.8. The first-order chi connectivity index (χ1) is 12.0. The number of halogens is 1. The number of benzene rings is 1. The van der Waals surface area contributed by atoms with E-state index in [-0.39, 0.29) is 43.8 Å². The van der Waals surface area contributed by atoms with Gasteiger partial charge in [-0.1, -0.05) is 0 Å². The molecule has 2 heterocycles. The molecule has 2 aliphatic heterocycles. The van der Waals surface area contributed by atoms with E-state index in [2.05, 4.69) is 5.32 Å². The monoisotopic (exact) mass is 388 g/mol. The van der Waals surface area contributed by atoms with Crippen molar-refractivity contribution >= 4 is 27.7 Å². The maximum atomic E-state index is 14.2. The lowest BCUT2D eigenvalue weighted by Crippen LogP contribution is -2.41. The fraction of sp³-hybridized carbons (Fsp3) is 0.562. The van der Waals surface area contributed by atoms with Gasteiger partial charge in [0.25, 0.3) is 5.91 Å². The van der Waals surface area contributed by atoms with Gasteiger partial charge in [-0.15, -0.1) is 0 Å². The van der Waals surface area contributed by atoms with E-state index in [1.54, 1.807) is 0 Å². The van der Waals surface area contributed by atoms with E-state index in [1.807, 2.05) is 11.8 Å². The predicted octanol–water partition coefficient (Wildman–Crippen LogP) is 1.47. The summed E-state index contributed by atoms with van der Waals surface area (Å²) < 4.78 is 45.8. The molecule has 2 fully saturated rings. The first kappa shape index (κ1) is 18.6. The van der Waals surface area contributed by atoms with E-state index in [0.29, 0.717) is 0 Å². The molecule has 1 amide bonds. The molecule has 2 aliphatic rings. The Kier molecular flexibility index (Phi) is 5.98. The molecule has 1 N–H and O–H groups in total. The highest BCUT2D eigenvalue weighted by atomic mass is 32.2. The summed E-state index contributed by atoms with van der Waals surface area (Å²) in [6.45, 7) is 0.914. The van der Waals surface area contributed by atoms with E-state index in [1.165, 1.54) is 10.4 Å². The van der Waals surface area contributed by atoms with Gasteiger partial charge in [0, 0.05) is 24.7 Å². The Morgan fingerprint density at radius 1 is 1.24 bits per heavy atom. The number of amides is 1. The van der Waals surface area contributed by atoms with Gasteiger partial charge in [0.15, 0.2) is 0 Å². The Hall–Kier alpha value is -1.16. The molecule has 0 spiro atoms. The SMILES string of the molecule is O=C(NC1CCSCC1)c1ccc(F)c(S(=O)(=O)N2CCOCC2)c1. The minimum Gasteiger partial charge on any atom is -0.379 e. The van der Waals surface area contributed by atoms with Gasteiger partial charge in [0.2, 0.25) is 10.0 Å². The lowest BCUT2D eigenvalue weighted by atomic mass is 10.1. The van der Waals surface area contributed by atoms with Crippen molar-refractivity contribution in [3.05, 3.63) is 29.6 Å². The highest BCUT2D eigenvalue weighted by Crippen LogP contribution is 2.22. The van der Waals surface area contributed by atoms with Gasteiger partial charge in [-0.05, 0) is 42.5 Å². The van der Waals surface area contributed by atoms with E-state index in [0.717, 1.165) is 36.5 Å². The van der Waals surface area contributed by atoms with Crippen molar-refractivity contribution in [2.24, 2.45) is 0 Å². The van der Waals surface area contributed by atoms with E-state index < -0.39 is 20.7 Å². The molecule has 1 aromatic carbocycles. The van der Waals surface area contributed by atoms with Crippen molar-refractivity contribution in [1.29, 1.82) is 0 Å². The molecule has 6 nitrogen and oxygen atoms in total. The van der Waals surface area contributed by atoms with Crippen LogP contribution in [0.1, 0.15) is 23.2 Å². The van der Waals surface area contributed by atoms with Crippen LogP contribution in [0.3, 0.4) is 0 Å². The maximum Gasteiger partial charge on any atom is 0.251 e. The quantitative estimate of drug-likeness (QED) is 0.845. The van der Waals surface area contributed by atoms with Crippen molar-refractivity contribution in [1.82, 2.24) is 9.62 Å². The molecule has 0 saturated carbocycles. The fourth-order valence-electron chi connectivity index (χ4n) is 2.88. The molecule has 2 saturated heterocycles. The molecule has 138 valence electrons. The van der Waals surface area contributed by atoms with Crippen molar-refractivity contribution in [2.45, 2.75) is 23.8 Å². The van der Waals surface area contributed by atoms with Crippen molar-refractivity contribution in [2.75, 3.05) is 37.8 Å². The van der Waals surface area contributed by atoms with Crippen LogP contribution in [0.4, 0.5) is 4.39 Å². The van der Waals surface area contributed by atoms with Crippen LogP contribution < -0.4 is 5.32 Å². The number of hydrogen-bond acceptors (Lipinski definition) is 5. The van der Waals surface area contributed by atoms with Crippen LogP contribution in [0.2, 0.25) is 0 Å². The zero-order valence-corrected chi connectivity index (χ0v) is 15.4. The van der Waals surface area contributed by atoms with Gasteiger partial charge >= 0.3 is 0 Å². The van der Waals surface area contributed by atoms with Gasteiger partial charge in [-0.2, -0.15) is 16.1 Å². The second-order valence-corrected chi connectivity index (χ2v) is 9.15. The number of hydrogen-bond donors (Lipinski definition) is 1. The summed E-state index contributed by atoms with van der Waals surface area (Å²) >= 11 is 1.85. The number of nitrogens with zero attached hydrogens (tertiary/aromatic N) is 1. The Labute approximate surface area is 151 Å². The summed E-state index contributed by atoms with van der Waals surface area (Å²) in [4.78, 5) is 12.0. The predicted molar refractivity (Wildman–Crippen MR) is 93.8 cm³/mol. The number of morpholine rings is 1. The number of carbonyl (C=O) groups is 1. The summed E-state index contributed by atoms with van der Waals surface area (Å²) in [5.74, 6) is 0.767. The normalized spacial score (nSPS) is 20.4. The number of thioether (sulfide) groups is 1. The summed E-state index contributed by atoms with van der Waals surface area (Å²) in [7, 11) is -3.99. The lowest BCUT2D eigenvalue weighted by Gasteiger charge is -2.26. The first-order valence-electron chi connectivity index (χ1n) is 8.24. The Bertz CT molecular complexity index is 730. The summed E-state index contributed by atoms with van der Waals surface area (Å²) in [6, 6.07) is 3.57. The molecule has 0 bridgehead atoms. The summed E-state index contributed by atoms with van der Waals surface area (Å²) in [6.07, 6.45) is 1.77. The largest absolute Gasteiger partial charge is 0.379 e. The molecule has 25 heavy (non-hydrogen) atoms. The zero-order valence-electron chi connectivity index (χ0n) is 13.7. The molecule has 0 aromatic heterocycles. The van der Waals surface area contributed by atoms with Crippen LogP contribution in [0, 0.1) is 5.82 Å². The Balaban J connectivity index is 1.81. The third-order valence-corrected chi connectivity index (χ3v) is 7.30. The average molecular weight is 388 g/mol. The van der Waals surface area contributed by atoms with E-state index in [4.69, 9.17) is 4.74 Å². The smallest absolute Gasteiger partial charge is 0.251 e. The van der Waals surface area contributed by atoms with Gasteiger partial charge in [0.1, 0.15) is 10.7 Å². The van der Waals surface area contributed by atoms with E-state index >= 15 is 0 Å². The maximum absolute atomic E-state index is 14.2. The minimum atomic E-state index is -3.99. The van der Waals surface area contributed by atoms with Gasteiger partial charge < -0.3 is 10.1 Å². The second-order valence-electron chi connectivity index (χ2n) is 6.02. The molecular formula is C16H21FN2O4S2. The van der Waals surface area contributed by atoms with Crippen LogP contribution in [-0.2, 0) is 14.8 Å². The molecule has 0 unspecified atom stereocenters. The van der Waals surface area contributed by atoms with Gasteiger partial charge in [0.05, 0.1) is 13.2 Å². The van der Waals surface area contributed by atoms with Crippen molar-refractivity contribution in [3.8, 4) is 0 Å². The van der Waals surface area contributed by atoms with Crippen LogP contribution >= 0.6 is 11.8 Å². The minimum absolute atomic E-state index is 0.0816. The average Bonchev–Trinajstić information content (AvgIpc) is 2.63. The highest BCUT2D eigenvalue weighted by molar-refractivity contribution is 7.99. The molecule has 0 radical (unpaired) electrons. The van der Waals surface area contributed by atoms with E-state index in [9.17, 15) is 17.6 Å². The van der Waals surface area contributed by atoms with Crippen LogP contribution in [0.5, 0.6) is 0 Å². The lowest BCUT2D eigenvalue weighted by molar-refractivity contribution is 0.0729. The Morgan fingerprint density at radius 2 is 1.92 bits per heavy atom. The number of sulfonamides is 1. The zero-order chi connectivity index (χ0) is 17.9. The number of ether oxygens (including phenoxy) is 1. The third kappa shape index (κ3) is 4.33. The fourth-order valence-corrected chi connectivity index (χ4v) is 5.48. The number of rotatable bonds is 4. The van der Waals surface area contributed by atoms with Crippen LogP contribution in [-0.4, -0.2) is 62.5 Å². The van der Waals surface area contributed by atoms with Crippen molar-refractivity contribution in [3.63, 3.8) is 0 Å². The van der Waals surface area contributed by atoms with Gasteiger partial charge in [-0.25, -0.2) is 12.8 Å². The second kappa shape index (κ2) is 8.03. The van der Waals surface area contributed by atoms with Crippen molar-refractivity contribution < 1.29 is 22.3 Å². The van der Waals surface area contributed by atoms with Crippen LogP contribution in [0.15, 0.2) is 23.1 Å². The van der Waals surface area contributed by atoms with Gasteiger partial charge in [-0.3, -0.25) is 4.79 Å². The molecule has 3 rings (SSSR count). The van der Waals surface area contributed by atoms with Crippen LogP contribution in [0.25, 0.3) is 0 Å². The molecule has 0 aliphatic carbocycles. The molecular weight excluding hydrogens is 367 g/mol. The topological polar surface area (TPSA) is 75.7 Å². The molecule has 9 heteroatoms. The highest BCUT2D eigenvalue weighted by Gasteiger charge is 2.30. The Morgan fingerprint density at radius 3 is 2.60 bits per heavy atom. The number of carbonyl (C=O) groups excluding carboxylic acids is 1. The summed E-state index contributed by atoms with van der Waals surface area (Å²) in [5.41, 5.74) is 0.159. The third-order valence-electron chi connectivity index (χ3n) is 4.34. The molecule has 0 atom stereocenters. The summed E-state index contributed by atoms with van der Waals surface area (Å²) in [5, 5.41) is 2.91.